The predicted octanol–water partition coefficient (Wildman–Crippen LogP) is 1.64. The normalized spacial score (nSPS) is 23.9. The first kappa shape index (κ1) is 15.4. The van der Waals surface area contributed by atoms with Crippen LogP contribution in [-0.4, -0.2) is 44.2 Å². The van der Waals surface area contributed by atoms with Crippen molar-refractivity contribution in [1.29, 1.82) is 0 Å². The molecule has 0 radical (unpaired) electrons. The first-order valence-corrected chi connectivity index (χ1v) is 7.18. The first-order valence-electron chi connectivity index (χ1n) is 7.18. The van der Waals surface area contributed by atoms with Gasteiger partial charge in [0.2, 0.25) is 5.91 Å². The van der Waals surface area contributed by atoms with Crippen LogP contribution >= 0.6 is 0 Å². The van der Waals surface area contributed by atoms with Crippen molar-refractivity contribution in [2.24, 2.45) is 17.6 Å². The lowest BCUT2D eigenvalue weighted by Crippen LogP contribution is -2.35. The highest BCUT2D eigenvalue weighted by atomic mass is 16.5. The molecule has 1 rings (SSSR count). The molecular weight excluding hydrogens is 228 g/mol. The number of nitrogens with zero attached hydrogens (tertiary/aromatic N) is 1. The van der Waals surface area contributed by atoms with Gasteiger partial charge in [0, 0.05) is 26.6 Å². The van der Waals surface area contributed by atoms with Crippen molar-refractivity contribution in [3.8, 4) is 0 Å². The van der Waals surface area contributed by atoms with Crippen molar-refractivity contribution in [2.75, 3.05) is 33.4 Å². The third kappa shape index (κ3) is 4.94. The number of amides is 1. The van der Waals surface area contributed by atoms with Crippen LogP contribution in [0.3, 0.4) is 0 Å². The summed E-state index contributed by atoms with van der Waals surface area (Å²) in [6.07, 6.45) is 5.41. The fraction of sp³-hybridized carbons (Fsp3) is 0.929. The van der Waals surface area contributed by atoms with E-state index in [2.05, 4.69) is 0 Å². The van der Waals surface area contributed by atoms with Crippen molar-refractivity contribution in [3.63, 3.8) is 0 Å². The number of hydrogen-bond acceptors (Lipinski definition) is 3. The average Bonchev–Trinajstić information content (AvgIpc) is 2.40. The van der Waals surface area contributed by atoms with Gasteiger partial charge in [-0.3, -0.25) is 4.79 Å². The van der Waals surface area contributed by atoms with Crippen LogP contribution in [0.1, 0.15) is 39.0 Å². The Kier molecular flexibility index (Phi) is 7.28. The number of carbonyl (C=O) groups is 1. The Morgan fingerprint density at radius 3 is 2.39 bits per heavy atom. The lowest BCUT2D eigenvalue weighted by molar-refractivity contribution is -0.132. The second-order valence-electron chi connectivity index (χ2n) is 5.29. The Labute approximate surface area is 111 Å². The van der Waals surface area contributed by atoms with Crippen LogP contribution < -0.4 is 5.73 Å². The second kappa shape index (κ2) is 8.48. The Balaban J connectivity index is 2.30. The minimum atomic E-state index is 0.283. The number of likely N-dealkylation sites (N-methyl/N-ethyl adjacent to an activating group) is 1. The molecule has 2 N–H and O–H groups in total. The molecule has 0 heterocycles. The molecule has 0 unspecified atom stereocenters. The zero-order valence-electron chi connectivity index (χ0n) is 11.9. The molecule has 1 amide bonds. The van der Waals surface area contributed by atoms with Gasteiger partial charge in [-0.15, -0.1) is 0 Å². The second-order valence-corrected chi connectivity index (χ2v) is 5.29. The summed E-state index contributed by atoms with van der Waals surface area (Å²) in [4.78, 5) is 14.0. The van der Waals surface area contributed by atoms with E-state index in [1.807, 2.05) is 11.8 Å². The fourth-order valence-electron chi connectivity index (χ4n) is 2.71. The summed E-state index contributed by atoms with van der Waals surface area (Å²) in [5, 5.41) is 0. The average molecular weight is 256 g/mol. The van der Waals surface area contributed by atoms with Gasteiger partial charge in [0.25, 0.3) is 0 Å². The number of methoxy groups -OCH3 is 1. The summed E-state index contributed by atoms with van der Waals surface area (Å²) in [6, 6.07) is 0. The molecule has 1 aliphatic carbocycles. The maximum atomic E-state index is 12.1. The standard InChI is InChI=1S/C14H28N2O2/c1-3-16(8-9-18-2)14(17)10-12-4-6-13(11-15)7-5-12/h12-13H,3-11,15H2,1-2H3. The van der Waals surface area contributed by atoms with Crippen LogP contribution in [0.25, 0.3) is 0 Å². The molecule has 0 aliphatic heterocycles. The maximum Gasteiger partial charge on any atom is 0.222 e. The number of nitrogens with two attached hydrogens (primary N) is 1. The third-order valence-electron chi connectivity index (χ3n) is 4.06. The van der Waals surface area contributed by atoms with Crippen LogP contribution in [0.2, 0.25) is 0 Å². The zero-order valence-corrected chi connectivity index (χ0v) is 11.9. The highest BCUT2D eigenvalue weighted by Crippen LogP contribution is 2.30. The van der Waals surface area contributed by atoms with Gasteiger partial charge in [-0.1, -0.05) is 0 Å². The summed E-state index contributed by atoms with van der Waals surface area (Å²) in [5.74, 6) is 1.54. The molecule has 106 valence electrons. The molecule has 1 fully saturated rings. The quantitative estimate of drug-likeness (QED) is 0.753. The van der Waals surface area contributed by atoms with Crippen LogP contribution in [-0.2, 0) is 9.53 Å². The molecule has 1 aliphatic rings. The molecule has 4 nitrogen and oxygen atoms in total. The van der Waals surface area contributed by atoms with E-state index in [-0.39, 0.29) is 5.91 Å². The largest absolute Gasteiger partial charge is 0.383 e. The maximum absolute atomic E-state index is 12.1. The van der Waals surface area contributed by atoms with Crippen LogP contribution in [0, 0.1) is 11.8 Å². The molecule has 0 aromatic heterocycles. The molecule has 0 atom stereocenters. The van der Waals surface area contributed by atoms with Gasteiger partial charge in [-0.25, -0.2) is 0 Å². The number of ether oxygens (including phenoxy) is 1. The van der Waals surface area contributed by atoms with Crippen LogP contribution in [0.15, 0.2) is 0 Å². The van der Waals surface area contributed by atoms with E-state index < -0.39 is 0 Å². The van der Waals surface area contributed by atoms with E-state index in [4.69, 9.17) is 10.5 Å². The molecule has 1 saturated carbocycles. The minimum absolute atomic E-state index is 0.283. The van der Waals surface area contributed by atoms with E-state index in [0.29, 0.717) is 31.4 Å². The Hall–Kier alpha value is -0.610. The van der Waals surface area contributed by atoms with Crippen molar-refractivity contribution in [3.05, 3.63) is 0 Å². The van der Waals surface area contributed by atoms with Gasteiger partial charge in [0.15, 0.2) is 0 Å². The number of carbonyl (C=O) groups excluding carboxylic acids is 1. The van der Waals surface area contributed by atoms with Crippen LogP contribution in [0.5, 0.6) is 0 Å². The van der Waals surface area contributed by atoms with Gasteiger partial charge < -0.3 is 15.4 Å². The van der Waals surface area contributed by atoms with Crippen molar-refractivity contribution in [1.82, 2.24) is 4.90 Å². The van der Waals surface area contributed by atoms with Gasteiger partial charge in [0.05, 0.1) is 6.61 Å². The molecule has 0 bridgehead atoms. The molecule has 0 aromatic rings. The molecule has 4 heteroatoms. The SMILES string of the molecule is CCN(CCOC)C(=O)CC1CCC(CN)CC1. The van der Waals surface area contributed by atoms with E-state index >= 15 is 0 Å². The fourth-order valence-corrected chi connectivity index (χ4v) is 2.71. The van der Waals surface area contributed by atoms with E-state index in [9.17, 15) is 4.79 Å². The summed E-state index contributed by atoms with van der Waals surface area (Å²) in [7, 11) is 1.67. The lowest BCUT2D eigenvalue weighted by atomic mass is 9.80. The summed E-state index contributed by atoms with van der Waals surface area (Å²) in [5.41, 5.74) is 5.69. The molecule has 0 saturated heterocycles. The Morgan fingerprint density at radius 2 is 1.89 bits per heavy atom. The summed E-state index contributed by atoms with van der Waals surface area (Å²) < 4.78 is 5.04. The predicted molar refractivity (Wildman–Crippen MR) is 73.2 cm³/mol. The van der Waals surface area contributed by atoms with E-state index in [0.717, 1.165) is 25.9 Å². The minimum Gasteiger partial charge on any atom is -0.383 e. The van der Waals surface area contributed by atoms with E-state index in [1.165, 1.54) is 12.8 Å². The molecule has 0 aromatic carbocycles. The lowest BCUT2D eigenvalue weighted by Gasteiger charge is -2.29. The van der Waals surface area contributed by atoms with Gasteiger partial charge in [-0.2, -0.15) is 0 Å². The number of hydrogen-bond donors (Lipinski definition) is 1. The van der Waals surface area contributed by atoms with Crippen molar-refractivity contribution in [2.45, 2.75) is 39.0 Å². The third-order valence-corrected chi connectivity index (χ3v) is 4.06. The summed E-state index contributed by atoms with van der Waals surface area (Å²) >= 11 is 0. The smallest absolute Gasteiger partial charge is 0.222 e. The Morgan fingerprint density at radius 1 is 1.28 bits per heavy atom. The zero-order chi connectivity index (χ0) is 13.4. The topological polar surface area (TPSA) is 55.6 Å². The monoisotopic (exact) mass is 256 g/mol. The number of rotatable bonds is 7. The Bertz CT molecular complexity index is 238. The highest BCUT2D eigenvalue weighted by Gasteiger charge is 2.23. The molecular formula is C14H28N2O2. The molecule has 18 heavy (non-hydrogen) atoms. The first-order chi connectivity index (χ1) is 8.71. The van der Waals surface area contributed by atoms with E-state index in [1.54, 1.807) is 7.11 Å². The molecule has 0 spiro atoms. The van der Waals surface area contributed by atoms with Gasteiger partial charge >= 0.3 is 0 Å². The van der Waals surface area contributed by atoms with Crippen molar-refractivity contribution < 1.29 is 9.53 Å². The highest BCUT2D eigenvalue weighted by molar-refractivity contribution is 5.76. The van der Waals surface area contributed by atoms with Crippen molar-refractivity contribution >= 4 is 5.91 Å². The summed E-state index contributed by atoms with van der Waals surface area (Å²) in [6.45, 7) is 4.94. The van der Waals surface area contributed by atoms with Gasteiger partial charge in [-0.05, 0) is 51.0 Å². The van der Waals surface area contributed by atoms with Crippen LogP contribution in [0.4, 0.5) is 0 Å². The van der Waals surface area contributed by atoms with Gasteiger partial charge in [0.1, 0.15) is 0 Å².